The average Bonchev–Trinajstić information content (AvgIpc) is 2.61. The van der Waals surface area contributed by atoms with Crippen LogP contribution in [0.25, 0.3) is 5.52 Å². The van der Waals surface area contributed by atoms with Crippen LogP contribution in [0.3, 0.4) is 0 Å². The number of Topliss-reactive ketones (excluding diaryl/α,β-unsaturated/α-hetero) is 1. The highest BCUT2D eigenvalue weighted by molar-refractivity contribution is 6.01. The number of rotatable bonds is 2. The number of nitrogens with zero attached hydrogens (tertiary/aromatic N) is 2. The van der Waals surface area contributed by atoms with E-state index in [0.29, 0.717) is 5.56 Å². The van der Waals surface area contributed by atoms with Crippen LogP contribution in [0.4, 0.5) is 0 Å². The van der Waals surface area contributed by atoms with Gasteiger partial charge in [-0.3, -0.25) is 4.79 Å². The zero-order valence-electron chi connectivity index (χ0n) is 8.94. The lowest BCUT2D eigenvalue weighted by molar-refractivity contribution is 0.101. The number of aromatic nitrogens is 2. The third-order valence-corrected chi connectivity index (χ3v) is 2.39. The Hall–Kier alpha value is -1.84. The van der Waals surface area contributed by atoms with Gasteiger partial charge in [0.05, 0.1) is 30.6 Å². The summed E-state index contributed by atoms with van der Waals surface area (Å²) in [5.41, 5.74) is 2.48. The van der Waals surface area contributed by atoms with Gasteiger partial charge < -0.3 is 4.74 Å². The monoisotopic (exact) mass is 204 g/mol. The maximum Gasteiger partial charge on any atom is 0.163 e. The molecule has 0 aliphatic heterocycles. The molecule has 2 aromatic rings. The Morgan fingerprint density at radius 2 is 2.27 bits per heavy atom. The first-order chi connectivity index (χ1) is 7.13. The summed E-state index contributed by atoms with van der Waals surface area (Å²) in [6.07, 6.45) is 3.35. The van der Waals surface area contributed by atoms with Crippen molar-refractivity contribution in [3.05, 3.63) is 29.6 Å². The van der Waals surface area contributed by atoms with E-state index in [1.54, 1.807) is 30.9 Å². The molecule has 0 N–H and O–H groups in total. The Bertz CT molecular complexity index is 529. The molecule has 0 aliphatic carbocycles. The summed E-state index contributed by atoms with van der Waals surface area (Å²) in [6.45, 7) is 3.48. The van der Waals surface area contributed by atoms with Crippen LogP contribution in [0, 0.1) is 6.92 Å². The van der Waals surface area contributed by atoms with E-state index in [-0.39, 0.29) is 5.78 Å². The van der Waals surface area contributed by atoms with Crippen LogP contribution < -0.4 is 4.74 Å². The van der Waals surface area contributed by atoms with Gasteiger partial charge in [0.2, 0.25) is 0 Å². The van der Waals surface area contributed by atoms with E-state index in [0.717, 1.165) is 16.8 Å². The highest BCUT2D eigenvalue weighted by Crippen LogP contribution is 2.21. The van der Waals surface area contributed by atoms with Crippen molar-refractivity contribution in [3.8, 4) is 5.75 Å². The number of hydrogen-bond donors (Lipinski definition) is 0. The van der Waals surface area contributed by atoms with Crippen molar-refractivity contribution in [3.63, 3.8) is 0 Å². The molecule has 0 fully saturated rings. The van der Waals surface area contributed by atoms with Crippen molar-refractivity contribution in [2.24, 2.45) is 0 Å². The lowest BCUT2D eigenvalue weighted by Gasteiger charge is -2.04. The predicted molar refractivity (Wildman–Crippen MR) is 56.5 cm³/mol. The van der Waals surface area contributed by atoms with Crippen molar-refractivity contribution in [2.45, 2.75) is 13.8 Å². The molecule has 0 spiro atoms. The molecule has 2 aromatic heterocycles. The van der Waals surface area contributed by atoms with Crippen LogP contribution in [0.1, 0.15) is 22.8 Å². The van der Waals surface area contributed by atoms with Crippen molar-refractivity contribution in [2.75, 3.05) is 7.11 Å². The zero-order valence-corrected chi connectivity index (χ0v) is 8.94. The summed E-state index contributed by atoms with van der Waals surface area (Å²) in [5.74, 6) is 0.761. The number of fused-ring (bicyclic) bond motifs is 1. The van der Waals surface area contributed by atoms with Gasteiger partial charge >= 0.3 is 0 Å². The molecule has 0 atom stereocenters. The van der Waals surface area contributed by atoms with Crippen LogP contribution in [-0.2, 0) is 0 Å². The van der Waals surface area contributed by atoms with Gasteiger partial charge in [0.25, 0.3) is 0 Å². The smallest absolute Gasteiger partial charge is 0.163 e. The van der Waals surface area contributed by atoms with Gasteiger partial charge in [-0.15, -0.1) is 0 Å². The van der Waals surface area contributed by atoms with Gasteiger partial charge in [-0.05, 0) is 25.5 Å². The van der Waals surface area contributed by atoms with Crippen molar-refractivity contribution in [1.82, 2.24) is 9.61 Å². The third-order valence-electron chi connectivity index (χ3n) is 2.39. The second-order valence-electron chi connectivity index (χ2n) is 3.47. The van der Waals surface area contributed by atoms with Crippen LogP contribution in [0.5, 0.6) is 5.75 Å². The average molecular weight is 204 g/mol. The molecule has 2 heterocycles. The summed E-state index contributed by atoms with van der Waals surface area (Å²) < 4.78 is 6.80. The molecule has 0 radical (unpaired) electrons. The fourth-order valence-corrected chi connectivity index (χ4v) is 1.66. The number of ketones is 1. The highest BCUT2D eigenvalue weighted by atomic mass is 16.5. The summed E-state index contributed by atoms with van der Waals surface area (Å²) >= 11 is 0. The lowest BCUT2D eigenvalue weighted by atomic mass is 10.1. The molecule has 0 saturated carbocycles. The Kier molecular flexibility index (Phi) is 2.19. The standard InChI is InChI=1S/C11H12N2O2/c1-7-4-9(15-3)6-13-11(7)10(5-12-13)8(2)14/h4-6H,1-3H3. The molecule has 15 heavy (non-hydrogen) atoms. The molecule has 0 unspecified atom stereocenters. The second-order valence-corrected chi connectivity index (χ2v) is 3.47. The van der Waals surface area contributed by atoms with E-state index in [2.05, 4.69) is 5.10 Å². The number of methoxy groups -OCH3 is 1. The number of hydrogen-bond acceptors (Lipinski definition) is 3. The van der Waals surface area contributed by atoms with Gasteiger partial charge in [-0.1, -0.05) is 0 Å². The SMILES string of the molecule is COc1cc(C)c2c(C(C)=O)cnn2c1. The van der Waals surface area contributed by atoms with Crippen molar-refractivity contribution < 1.29 is 9.53 Å². The Balaban J connectivity index is 2.77. The fraction of sp³-hybridized carbons (Fsp3) is 0.273. The van der Waals surface area contributed by atoms with E-state index < -0.39 is 0 Å². The molecule has 2 rings (SSSR count). The fourth-order valence-electron chi connectivity index (χ4n) is 1.66. The summed E-state index contributed by atoms with van der Waals surface area (Å²) in [5, 5.41) is 4.13. The van der Waals surface area contributed by atoms with E-state index in [1.165, 1.54) is 0 Å². The molecule has 0 saturated heterocycles. The molecule has 4 heteroatoms. The lowest BCUT2D eigenvalue weighted by Crippen LogP contribution is -1.96. The number of carbonyl (C=O) groups excluding carboxylic acids is 1. The first-order valence-electron chi connectivity index (χ1n) is 4.66. The van der Waals surface area contributed by atoms with Gasteiger partial charge in [-0.25, -0.2) is 4.52 Å². The van der Waals surface area contributed by atoms with Crippen LogP contribution in [0.15, 0.2) is 18.5 Å². The number of pyridine rings is 1. The van der Waals surface area contributed by atoms with Crippen molar-refractivity contribution >= 4 is 11.3 Å². The maximum absolute atomic E-state index is 11.3. The van der Waals surface area contributed by atoms with Gasteiger partial charge in [0.15, 0.2) is 5.78 Å². The van der Waals surface area contributed by atoms with E-state index in [9.17, 15) is 4.79 Å². The molecule has 4 nitrogen and oxygen atoms in total. The van der Waals surface area contributed by atoms with Crippen LogP contribution in [-0.4, -0.2) is 22.5 Å². The third kappa shape index (κ3) is 1.48. The topological polar surface area (TPSA) is 43.6 Å². The summed E-state index contributed by atoms with van der Waals surface area (Å²) in [6, 6.07) is 1.89. The normalized spacial score (nSPS) is 10.6. The maximum atomic E-state index is 11.3. The Morgan fingerprint density at radius 1 is 1.53 bits per heavy atom. The zero-order chi connectivity index (χ0) is 11.0. The van der Waals surface area contributed by atoms with Crippen LogP contribution >= 0.6 is 0 Å². The van der Waals surface area contributed by atoms with E-state index in [1.807, 2.05) is 13.0 Å². The molecular weight excluding hydrogens is 192 g/mol. The molecule has 0 aromatic carbocycles. The highest BCUT2D eigenvalue weighted by Gasteiger charge is 2.11. The second kappa shape index (κ2) is 3.38. The Morgan fingerprint density at radius 3 is 2.87 bits per heavy atom. The Labute approximate surface area is 87.5 Å². The minimum absolute atomic E-state index is 0.0262. The summed E-state index contributed by atoms with van der Waals surface area (Å²) in [7, 11) is 1.61. The first kappa shape index (κ1) is 9.71. The molecule has 0 amide bonds. The van der Waals surface area contributed by atoms with Gasteiger partial charge in [0.1, 0.15) is 5.75 Å². The number of ether oxygens (including phenoxy) is 1. The van der Waals surface area contributed by atoms with Gasteiger partial charge in [0, 0.05) is 0 Å². The van der Waals surface area contributed by atoms with E-state index >= 15 is 0 Å². The predicted octanol–water partition coefficient (Wildman–Crippen LogP) is 1.85. The number of carbonyl (C=O) groups is 1. The molecule has 78 valence electrons. The minimum atomic E-state index is 0.0262. The van der Waals surface area contributed by atoms with Crippen molar-refractivity contribution in [1.29, 1.82) is 0 Å². The molecule has 0 aliphatic rings. The van der Waals surface area contributed by atoms with Crippen LogP contribution in [0.2, 0.25) is 0 Å². The first-order valence-corrected chi connectivity index (χ1v) is 4.66. The van der Waals surface area contributed by atoms with E-state index in [4.69, 9.17) is 4.74 Å². The van der Waals surface area contributed by atoms with Gasteiger partial charge in [-0.2, -0.15) is 5.10 Å². The quantitative estimate of drug-likeness (QED) is 0.701. The minimum Gasteiger partial charge on any atom is -0.495 e. The largest absolute Gasteiger partial charge is 0.495 e. The summed E-state index contributed by atoms with van der Waals surface area (Å²) in [4.78, 5) is 11.3. The number of aryl methyl sites for hydroxylation is 1. The molecular formula is C11H12N2O2. The molecule has 0 bridgehead atoms.